The predicted octanol–water partition coefficient (Wildman–Crippen LogP) is 2.57. The average molecular weight is 353 g/mol. The van der Waals surface area contributed by atoms with Crippen molar-refractivity contribution < 1.29 is 4.79 Å². The van der Waals surface area contributed by atoms with E-state index in [9.17, 15) is 4.79 Å². The minimum absolute atomic E-state index is 0.0689. The van der Waals surface area contributed by atoms with Crippen molar-refractivity contribution in [1.29, 1.82) is 0 Å². The molecule has 0 radical (unpaired) electrons. The number of aliphatic imine (C=N–C) groups is 1. The van der Waals surface area contributed by atoms with Gasteiger partial charge in [0.25, 0.3) is 0 Å². The zero-order valence-corrected chi connectivity index (χ0v) is 14.0. The quantitative estimate of drug-likeness (QED) is 0.418. The molecule has 5 nitrogen and oxygen atoms in total. The summed E-state index contributed by atoms with van der Waals surface area (Å²) in [6.07, 6.45) is 0.318. The average Bonchev–Trinajstić information content (AvgIpc) is 2.39. The van der Waals surface area contributed by atoms with E-state index in [0.29, 0.717) is 25.5 Å². The summed E-state index contributed by atoms with van der Waals surface area (Å²) in [7, 11) is 0. The molecule has 6 heteroatoms. The molecule has 0 saturated carbocycles. The van der Waals surface area contributed by atoms with Crippen LogP contribution < -0.4 is 16.4 Å². The molecule has 0 unspecified atom stereocenters. The van der Waals surface area contributed by atoms with Gasteiger partial charge in [-0.2, -0.15) is 0 Å². The van der Waals surface area contributed by atoms with Crippen LogP contribution in [0.3, 0.4) is 0 Å². The molecule has 1 rings (SSSR count). The highest BCUT2D eigenvalue weighted by Gasteiger charge is 2.05. The van der Waals surface area contributed by atoms with Gasteiger partial charge in [-0.3, -0.25) is 4.79 Å². The summed E-state index contributed by atoms with van der Waals surface area (Å²) in [5.74, 6) is 0.256. The number of hydrogen-bond donors (Lipinski definition) is 3. The molecular formula is C15H21BrN4O. The lowest BCUT2D eigenvalue weighted by Crippen LogP contribution is -2.34. The van der Waals surface area contributed by atoms with Gasteiger partial charge < -0.3 is 16.4 Å². The van der Waals surface area contributed by atoms with E-state index in [2.05, 4.69) is 38.1 Å². The van der Waals surface area contributed by atoms with E-state index >= 15 is 0 Å². The number of guanidine groups is 1. The van der Waals surface area contributed by atoms with Crippen LogP contribution in [0, 0.1) is 6.92 Å². The molecule has 0 spiro atoms. The highest BCUT2D eigenvalue weighted by atomic mass is 79.9. The number of carbonyl (C=O) groups is 1. The number of nitrogens with one attached hydrogen (secondary N) is 2. The first-order valence-corrected chi connectivity index (χ1v) is 7.42. The Kier molecular flexibility index (Phi) is 6.94. The number of anilines is 1. The third-order valence-corrected chi connectivity index (χ3v) is 3.13. The summed E-state index contributed by atoms with van der Waals surface area (Å²) in [5, 5.41) is 5.76. The SMILES string of the molecule is C=C(C)CN=C(N)NCCC(=O)Nc1ccc(Br)cc1C. The number of aryl methyl sites for hydroxylation is 1. The number of hydrogen-bond acceptors (Lipinski definition) is 2. The minimum atomic E-state index is -0.0689. The zero-order chi connectivity index (χ0) is 15.8. The number of amides is 1. The van der Waals surface area contributed by atoms with E-state index in [1.165, 1.54) is 0 Å². The Morgan fingerprint density at radius 3 is 2.81 bits per heavy atom. The Morgan fingerprint density at radius 1 is 1.48 bits per heavy atom. The lowest BCUT2D eigenvalue weighted by atomic mass is 10.2. The number of benzene rings is 1. The zero-order valence-electron chi connectivity index (χ0n) is 12.4. The molecule has 0 saturated heterocycles. The van der Waals surface area contributed by atoms with E-state index in [1.54, 1.807) is 0 Å². The van der Waals surface area contributed by atoms with Crippen LogP contribution in [0.1, 0.15) is 18.9 Å². The molecule has 0 aliphatic carbocycles. The topological polar surface area (TPSA) is 79.5 Å². The molecule has 0 bridgehead atoms. The lowest BCUT2D eigenvalue weighted by Gasteiger charge is -2.09. The second-order valence-electron chi connectivity index (χ2n) is 4.84. The van der Waals surface area contributed by atoms with Crippen LogP contribution in [-0.2, 0) is 4.79 Å². The fraction of sp³-hybridized carbons (Fsp3) is 0.333. The van der Waals surface area contributed by atoms with E-state index in [0.717, 1.165) is 21.3 Å². The molecule has 114 valence electrons. The normalized spacial score (nSPS) is 11.1. The van der Waals surface area contributed by atoms with Crippen LogP contribution in [0.25, 0.3) is 0 Å². The summed E-state index contributed by atoms with van der Waals surface area (Å²) in [6, 6.07) is 5.71. The molecule has 0 aliphatic heterocycles. The Morgan fingerprint density at radius 2 is 2.19 bits per heavy atom. The van der Waals surface area contributed by atoms with Crippen LogP contribution in [0.4, 0.5) is 5.69 Å². The third kappa shape index (κ3) is 6.94. The van der Waals surface area contributed by atoms with Crippen molar-refractivity contribution in [3.8, 4) is 0 Å². The predicted molar refractivity (Wildman–Crippen MR) is 91.4 cm³/mol. The van der Waals surface area contributed by atoms with E-state index in [1.807, 2.05) is 32.0 Å². The largest absolute Gasteiger partial charge is 0.370 e. The summed E-state index contributed by atoms with van der Waals surface area (Å²) in [5.41, 5.74) is 8.42. The van der Waals surface area contributed by atoms with Crippen LogP contribution >= 0.6 is 15.9 Å². The molecule has 1 aromatic carbocycles. The molecule has 4 N–H and O–H groups in total. The fourth-order valence-electron chi connectivity index (χ4n) is 1.56. The fourth-order valence-corrected chi connectivity index (χ4v) is 2.04. The number of halogens is 1. The molecule has 0 heterocycles. The van der Waals surface area contributed by atoms with Crippen molar-refractivity contribution in [3.63, 3.8) is 0 Å². The second kappa shape index (κ2) is 8.46. The van der Waals surface area contributed by atoms with Gasteiger partial charge in [0.05, 0.1) is 6.54 Å². The maximum atomic E-state index is 11.8. The summed E-state index contributed by atoms with van der Waals surface area (Å²) < 4.78 is 0.987. The van der Waals surface area contributed by atoms with Crippen molar-refractivity contribution in [3.05, 3.63) is 40.4 Å². The molecule has 1 aromatic rings. The molecule has 0 fully saturated rings. The van der Waals surface area contributed by atoms with Gasteiger partial charge in [-0.1, -0.05) is 28.1 Å². The molecule has 0 atom stereocenters. The van der Waals surface area contributed by atoms with Crippen molar-refractivity contribution >= 4 is 33.5 Å². The highest BCUT2D eigenvalue weighted by molar-refractivity contribution is 9.10. The Hall–Kier alpha value is -1.82. The van der Waals surface area contributed by atoms with Crippen LogP contribution in [-0.4, -0.2) is 25.0 Å². The van der Waals surface area contributed by atoms with Gasteiger partial charge in [-0.15, -0.1) is 0 Å². The smallest absolute Gasteiger partial charge is 0.226 e. The lowest BCUT2D eigenvalue weighted by molar-refractivity contribution is -0.116. The molecule has 21 heavy (non-hydrogen) atoms. The summed E-state index contributed by atoms with van der Waals surface area (Å²) in [4.78, 5) is 15.9. The number of nitrogens with two attached hydrogens (primary N) is 1. The minimum Gasteiger partial charge on any atom is -0.370 e. The van der Waals surface area contributed by atoms with Crippen LogP contribution in [0.15, 0.2) is 39.8 Å². The first-order valence-electron chi connectivity index (χ1n) is 6.62. The van der Waals surface area contributed by atoms with Crippen molar-refractivity contribution in [2.45, 2.75) is 20.3 Å². The molecule has 0 aliphatic rings. The van der Waals surface area contributed by atoms with Crippen molar-refractivity contribution in [1.82, 2.24) is 5.32 Å². The Bertz CT molecular complexity index is 555. The summed E-state index contributed by atoms with van der Waals surface area (Å²) >= 11 is 3.39. The standard InChI is InChI=1S/C15H21BrN4O/c1-10(2)9-19-15(17)18-7-6-14(21)20-13-5-4-12(16)8-11(13)3/h4-5,8H,1,6-7,9H2,2-3H3,(H,20,21)(H3,17,18,19). The van der Waals surface area contributed by atoms with Gasteiger partial charge in [0.15, 0.2) is 5.96 Å². The Balaban J connectivity index is 2.37. The van der Waals surface area contributed by atoms with Crippen LogP contribution in [0.2, 0.25) is 0 Å². The highest BCUT2D eigenvalue weighted by Crippen LogP contribution is 2.19. The monoisotopic (exact) mass is 352 g/mol. The molecular weight excluding hydrogens is 332 g/mol. The first-order chi connectivity index (χ1) is 9.88. The van der Waals surface area contributed by atoms with Gasteiger partial charge in [0.2, 0.25) is 5.91 Å². The second-order valence-corrected chi connectivity index (χ2v) is 5.76. The van der Waals surface area contributed by atoms with E-state index < -0.39 is 0 Å². The first kappa shape index (κ1) is 17.2. The maximum Gasteiger partial charge on any atom is 0.226 e. The molecule has 1 amide bonds. The maximum absolute atomic E-state index is 11.8. The molecule has 0 aromatic heterocycles. The number of rotatable bonds is 6. The van der Waals surface area contributed by atoms with Crippen LogP contribution in [0.5, 0.6) is 0 Å². The van der Waals surface area contributed by atoms with E-state index in [-0.39, 0.29) is 5.91 Å². The number of nitrogens with zero attached hydrogens (tertiary/aromatic N) is 1. The third-order valence-electron chi connectivity index (χ3n) is 2.64. The van der Waals surface area contributed by atoms with Gasteiger partial charge >= 0.3 is 0 Å². The van der Waals surface area contributed by atoms with Gasteiger partial charge in [0, 0.05) is 23.1 Å². The Labute approximate surface area is 133 Å². The number of carbonyl (C=O) groups excluding carboxylic acids is 1. The van der Waals surface area contributed by atoms with Gasteiger partial charge in [-0.05, 0) is 37.6 Å². The summed E-state index contributed by atoms with van der Waals surface area (Å²) in [6.45, 7) is 8.49. The van der Waals surface area contributed by atoms with Crippen molar-refractivity contribution in [2.24, 2.45) is 10.7 Å². The van der Waals surface area contributed by atoms with Gasteiger partial charge in [0.1, 0.15) is 0 Å². The van der Waals surface area contributed by atoms with Crippen molar-refractivity contribution in [2.75, 3.05) is 18.4 Å². The van der Waals surface area contributed by atoms with E-state index in [4.69, 9.17) is 5.73 Å². The van der Waals surface area contributed by atoms with Gasteiger partial charge in [-0.25, -0.2) is 4.99 Å².